The number of fused-ring (bicyclic) bond motifs is 1. The van der Waals surface area contributed by atoms with Gasteiger partial charge in [0, 0.05) is 17.7 Å². The van der Waals surface area contributed by atoms with Crippen molar-refractivity contribution in [1.82, 2.24) is 9.97 Å². The van der Waals surface area contributed by atoms with E-state index in [1.165, 1.54) is 10.9 Å². The highest BCUT2D eigenvalue weighted by Gasteiger charge is 2.23. The van der Waals surface area contributed by atoms with Crippen molar-refractivity contribution in [3.8, 4) is 0 Å². The first-order valence-electron chi connectivity index (χ1n) is 6.14. The van der Waals surface area contributed by atoms with E-state index >= 15 is 0 Å². The molecule has 0 fully saturated rings. The average Bonchev–Trinajstić information content (AvgIpc) is 2.24. The summed E-state index contributed by atoms with van der Waals surface area (Å²) in [6.45, 7) is 9.80. The summed E-state index contributed by atoms with van der Waals surface area (Å²) in [5.74, 6) is 0. The molecule has 0 aliphatic rings. The molecule has 0 unspecified atom stereocenters. The highest BCUT2D eigenvalue weighted by atomic mass is 31.2. The van der Waals surface area contributed by atoms with Crippen molar-refractivity contribution >= 4 is 29.5 Å². The molecule has 18 heavy (non-hydrogen) atoms. The Morgan fingerprint density at radius 2 is 1.67 bits per heavy atom. The highest BCUT2D eigenvalue weighted by molar-refractivity contribution is 7.79. The molecule has 2 aromatic rings. The SMILES string of the molecule is C=P(C)(C)c1c(C(C)(C)C)ccc2nccnc12. The van der Waals surface area contributed by atoms with Crippen LogP contribution in [0.2, 0.25) is 0 Å². The maximum Gasteiger partial charge on any atom is 0.0965 e. The summed E-state index contributed by atoms with van der Waals surface area (Å²) in [7, 11) is 0. The van der Waals surface area contributed by atoms with Crippen molar-refractivity contribution < 1.29 is 0 Å². The van der Waals surface area contributed by atoms with Crippen LogP contribution in [0.1, 0.15) is 26.3 Å². The Bertz CT molecular complexity index is 632. The topological polar surface area (TPSA) is 25.8 Å². The van der Waals surface area contributed by atoms with Gasteiger partial charge in [0.25, 0.3) is 0 Å². The molecule has 0 radical (unpaired) electrons. The van der Waals surface area contributed by atoms with Crippen molar-refractivity contribution in [2.24, 2.45) is 0 Å². The van der Waals surface area contributed by atoms with E-state index in [1.54, 1.807) is 12.4 Å². The zero-order valence-electron chi connectivity index (χ0n) is 11.9. The molecule has 0 spiro atoms. The van der Waals surface area contributed by atoms with Crippen LogP contribution >= 0.6 is 6.89 Å². The molecule has 96 valence electrons. The van der Waals surface area contributed by atoms with Crippen molar-refractivity contribution in [2.75, 3.05) is 13.3 Å². The molecule has 2 nitrogen and oxygen atoms in total. The molecule has 0 aliphatic carbocycles. The Hall–Kier alpha value is -1.14. The average molecular weight is 260 g/mol. The van der Waals surface area contributed by atoms with Gasteiger partial charge in [-0.25, -0.2) is 0 Å². The fourth-order valence-electron chi connectivity index (χ4n) is 2.24. The molecule has 1 aromatic heterocycles. The molecular formula is C15H21N2P. The van der Waals surface area contributed by atoms with E-state index in [-0.39, 0.29) is 5.41 Å². The first-order valence-corrected chi connectivity index (χ1v) is 9.01. The first-order chi connectivity index (χ1) is 8.21. The molecule has 0 amide bonds. The minimum absolute atomic E-state index is 0.107. The monoisotopic (exact) mass is 260 g/mol. The zero-order valence-corrected chi connectivity index (χ0v) is 12.8. The van der Waals surface area contributed by atoms with Gasteiger partial charge in [0.2, 0.25) is 0 Å². The Labute approximate surface area is 109 Å². The third-order valence-corrected chi connectivity index (χ3v) is 4.69. The minimum atomic E-state index is -1.40. The second-order valence-corrected chi connectivity index (χ2v) is 10.1. The van der Waals surface area contributed by atoms with Gasteiger partial charge in [-0.3, -0.25) is 9.97 Å². The Kier molecular flexibility index (Phi) is 3.11. The normalized spacial score (nSPS) is 12.9. The van der Waals surface area contributed by atoms with E-state index in [2.05, 4.69) is 62.5 Å². The Morgan fingerprint density at radius 3 is 2.22 bits per heavy atom. The molecule has 0 N–H and O–H groups in total. The number of hydrogen-bond donors (Lipinski definition) is 0. The van der Waals surface area contributed by atoms with Crippen molar-refractivity contribution in [3.63, 3.8) is 0 Å². The second-order valence-electron chi connectivity index (χ2n) is 6.32. The Morgan fingerprint density at radius 1 is 1.06 bits per heavy atom. The summed E-state index contributed by atoms with van der Waals surface area (Å²) < 4.78 is 0. The Balaban J connectivity index is 2.94. The highest BCUT2D eigenvalue weighted by Crippen LogP contribution is 2.40. The van der Waals surface area contributed by atoms with Gasteiger partial charge in [-0.1, -0.05) is 40.0 Å². The van der Waals surface area contributed by atoms with Crippen molar-refractivity contribution in [2.45, 2.75) is 26.2 Å². The summed E-state index contributed by atoms with van der Waals surface area (Å²) >= 11 is 0. The van der Waals surface area contributed by atoms with Gasteiger partial charge < -0.3 is 0 Å². The molecule has 0 aliphatic heterocycles. The number of rotatable bonds is 1. The second kappa shape index (κ2) is 4.20. The van der Waals surface area contributed by atoms with Crippen LogP contribution in [0, 0.1) is 0 Å². The number of benzene rings is 1. The maximum atomic E-state index is 4.55. The minimum Gasteiger partial charge on any atom is -0.253 e. The van der Waals surface area contributed by atoms with Crippen LogP contribution in [0.15, 0.2) is 24.5 Å². The smallest absolute Gasteiger partial charge is 0.0965 e. The predicted molar refractivity (Wildman–Crippen MR) is 83.8 cm³/mol. The summed E-state index contributed by atoms with van der Waals surface area (Å²) in [5.41, 5.74) is 3.45. The zero-order chi connectivity index (χ0) is 13.6. The summed E-state index contributed by atoms with van der Waals surface area (Å²) in [6.07, 6.45) is 7.93. The predicted octanol–water partition coefficient (Wildman–Crippen LogP) is 3.26. The van der Waals surface area contributed by atoms with Crippen molar-refractivity contribution in [1.29, 1.82) is 0 Å². The van der Waals surface area contributed by atoms with Crippen LogP contribution < -0.4 is 5.30 Å². The van der Waals surface area contributed by atoms with Crippen molar-refractivity contribution in [3.05, 3.63) is 30.1 Å². The van der Waals surface area contributed by atoms with E-state index < -0.39 is 6.89 Å². The number of aromatic nitrogens is 2. The van der Waals surface area contributed by atoms with Gasteiger partial charge in [-0.05, 0) is 30.4 Å². The fraction of sp³-hybridized carbons (Fsp3) is 0.400. The molecule has 3 heteroatoms. The summed E-state index contributed by atoms with van der Waals surface area (Å²) in [5, 5.41) is 1.32. The van der Waals surface area contributed by atoms with Gasteiger partial charge in [0.1, 0.15) is 0 Å². The third-order valence-electron chi connectivity index (χ3n) is 3.03. The molecule has 0 saturated carbocycles. The molecule has 1 heterocycles. The largest absolute Gasteiger partial charge is 0.253 e. The fourth-order valence-corrected chi connectivity index (χ4v) is 4.05. The molecule has 0 atom stereocenters. The summed E-state index contributed by atoms with van der Waals surface area (Å²) in [6, 6.07) is 4.27. The van der Waals surface area contributed by atoms with Crippen LogP contribution in [0.4, 0.5) is 0 Å². The van der Waals surface area contributed by atoms with E-state index in [0.29, 0.717) is 0 Å². The van der Waals surface area contributed by atoms with Crippen LogP contribution in [-0.4, -0.2) is 29.6 Å². The lowest BCUT2D eigenvalue weighted by Gasteiger charge is -2.28. The number of hydrogen-bond acceptors (Lipinski definition) is 2. The lowest BCUT2D eigenvalue weighted by Crippen LogP contribution is -2.24. The first kappa shape index (κ1) is 13.3. The maximum absolute atomic E-state index is 4.55. The van der Waals surface area contributed by atoms with Gasteiger partial charge >= 0.3 is 0 Å². The molecule has 1 aromatic carbocycles. The van der Waals surface area contributed by atoms with Gasteiger partial charge in [0.05, 0.1) is 11.0 Å². The van der Waals surface area contributed by atoms with Gasteiger partial charge in [-0.2, -0.15) is 0 Å². The number of nitrogens with zero attached hydrogens (tertiary/aromatic N) is 2. The van der Waals surface area contributed by atoms with Crippen LogP contribution in [0.5, 0.6) is 0 Å². The third kappa shape index (κ3) is 2.35. The van der Waals surface area contributed by atoms with E-state index in [1.807, 2.05) is 0 Å². The quantitative estimate of drug-likeness (QED) is 0.735. The standard InChI is InChI=1S/C15H21N2P/c1-15(2,3)11-7-8-12-13(17-10-9-16-12)14(11)18(4,5)6/h7-10H,4H2,1-3,5-6H3. The molecule has 0 bridgehead atoms. The lowest BCUT2D eigenvalue weighted by molar-refractivity contribution is 0.594. The van der Waals surface area contributed by atoms with E-state index in [9.17, 15) is 0 Å². The molecular weight excluding hydrogens is 239 g/mol. The van der Waals surface area contributed by atoms with Gasteiger partial charge in [-0.15, -0.1) is 0 Å². The van der Waals surface area contributed by atoms with Crippen LogP contribution in [0.25, 0.3) is 11.0 Å². The van der Waals surface area contributed by atoms with E-state index in [0.717, 1.165) is 11.0 Å². The molecule has 0 saturated heterocycles. The van der Waals surface area contributed by atoms with Crippen LogP contribution in [-0.2, 0) is 5.41 Å². The van der Waals surface area contributed by atoms with Gasteiger partial charge in [0.15, 0.2) is 0 Å². The molecule has 2 rings (SSSR count). The van der Waals surface area contributed by atoms with E-state index in [4.69, 9.17) is 0 Å². The van der Waals surface area contributed by atoms with Crippen LogP contribution in [0.3, 0.4) is 0 Å². The summed E-state index contributed by atoms with van der Waals surface area (Å²) in [4.78, 5) is 8.95. The lowest BCUT2D eigenvalue weighted by atomic mass is 9.86.